The second-order valence-electron chi connectivity index (χ2n) is 8.05. The predicted molar refractivity (Wildman–Crippen MR) is 124 cm³/mol. The number of likely N-dealkylation sites (tertiary alicyclic amines) is 1. The lowest BCUT2D eigenvalue weighted by Crippen LogP contribution is -2.46. The van der Waals surface area contributed by atoms with E-state index in [-0.39, 0.29) is 33.3 Å². The molecule has 0 spiro atoms. The third-order valence-corrected chi connectivity index (χ3v) is 7.72. The highest BCUT2D eigenvalue weighted by molar-refractivity contribution is 7.89. The summed E-state index contributed by atoms with van der Waals surface area (Å²) in [5.74, 6) is -0.303. The van der Waals surface area contributed by atoms with Crippen molar-refractivity contribution in [2.24, 2.45) is 0 Å². The second-order valence-corrected chi connectivity index (χ2v) is 10.6. The highest BCUT2D eigenvalue weighted by Crippen LogP contribution is 2.25. The summed E-state index contributed by atoms with van der Waals surface area (Å²) in [4.78, 5) is 27.0. The number of carbonyl (C=O) groups is 2. The summed E-state index contributed by atoms with van der Waals surface area (Å²) >= 11 is 6.21. The van der Waals surface area contributed by atoms with Crippen molar-refractivity contribution in [1.82, 2.24) is 14.5 Å². The first kappa shape index (κ1) is 24.2. The maximum Gasteiger partial charge on any atom is 0.255 e. The molecule has 0 unspecified atom stereocenters. The summed E-state index contributed by atoms with van der Waals surface area (Å²) in [6.07, 6.45) is 2.38. The van der Waals surface area contributed by atoms with Gasteiger partial charge in [0, 0.05) is 39.6 Å². The lowest BCUT2D eigenvalue weighted by Gasteiger charge is -2.32. The molecule has 1 N–H and O–H groups in total. The molecule has 0 aliphatic carbocycles. The first-order valence-corrected chi connectivity index (χ1v) is 12.3. The van der Waals surface area contributed by atoms with E-state index >= 15 is 0 Å². The van der Waals surface area contributed by atoms with Crippen LogP contribution >= 0.6 is 11.6 Å². The van der Waals surface area contributed by atoms with Crippen molar-refractivity contribution >= 4 is 33.4 Å². The van der Waals surface area contributed by atoms with Gasteiger partial charge in [-0.3, -0.25) is 9.59 Å². The van der Waals surface area contributed by atoms with Crippen LogP contribution in [0.15, 0.2) is 53.4 Å². The average molecular weight is 478 g/mol. The maximum atomic E-state index is 13.0. The second kappa shape index (κ2) is 10.5. The zero-order valence-corrected chi connectivity index (χ0v) is 19.8. The molecule has 1 aliphatic rings. The Labute approximate surface area is 194 Å². The normalized spacial score (nSPS) is 15.1. The molecule has 1 aliphatic heterocycles. The lowest BCUT2D eigenvalue weighted by molar-refractivity contribution is -0.122. The molecule has 0 saturated carbocycles. The number of piperidine rings is 1. The van der Waals surface area contributed by atoms with Crippen molar-refractivity contribution < 1.29 is 18.0 Å². The number of halogens is 1. The van der Waals surface area contributed by atoms with Gasteiger partial charge < -0.3 is 10.2 Å². The Balaban J connectivity index is 1.56. The number of nitrogens with one attached hydrogen (secondary N) is 1. The van der Waals surface area contributed by atoms with Crippen molar-refractivity contribution in [3.8, 4) is 0 Å². The number of rotatable bonds is 7. The highest BCUT2D eigenvalue weighted by atomic mass is 35.5. The molecular weight excluding hydrogens is 450 g/mol. The smallest absolute Gasteiger partial charge is 0.255 e. The molecule has 2 aromatic rings. The molecular formula is C23H28ClN3O4S. The van der Waals surface area contributed by atoms with Crippen LogP contribution < -0.4 is 5.32 Å². The van der Waals surface area contributed by atoms with Crippen LogP contribution in [0, 0.1) is 0 Å². The van der Waals surface area contributed by atoms with E-state index in [0.717, 1.165) is 9.87 Å². The average Bonchev–Trinajstić information content (AvgIpc) is 2.78. The maximum absolute atomic E-state index is 13.0. The number of nitrogens with zero attached hydrogens (tertiary/aromatic N) is 2. The molecule has 0 aromatic heterocycles. The van der Waals surface area contributed by atoms with E-state index in [9.17, 15) is 18.0 Å². The summed E-state index contributed by atoms with van der Waals surface area (Å²) in [5, 5.41) is 3.27. The first-order chi connectivity index (χ1) is 15.2. The summed E-state index contributed by atoms with van der Waals surface area (Å²) in [6.45, 7) is 0.924. The number of hydrogen-bond donors (Lipinski definition) is 1. The van der Waals surface area contributed by atoms with E-state index in [1.54, 1.807) is 4.90 Å². The molecule has 1 heterocycles. The van der Waals surface area contributed by atoms with E-state index < -0.39 is 10.0 Å². The molecule has 2 amide bonds. The fraction of sp³-hybridized carbons (Fsp3) is 0.391. The van der Waals surface area contributed by atoms with Crippen LogP contribution in [-0.2, 0) is 21.2 Å². The zero-order valence-electron chi connectivity index (χ0n) is 18.3. The van der Waals surface area contributed by atoms with Gasteiger partial charge in [-0.25, -0.2) is 12.7 Å². The van der Waals surface area contributed by atoms with Crippen molar-refractivity contribution in [3.63, 3.8) is 0 Å². The van der Waals surface area contributed by atoms with Crippen LogP contribution in [0.2, 0.25) is 5.02 Å². The van der Waals surface area contributed by atoms with Gasteiger partial charge in [0.05, 0.1) is 15.5 Å². The Morgan fingerprint density at radius 2 is 1.75 bits per heavy atom. The number of carbonyl (C=O) groups excluding carboxylic acids is 2. The van der Waals surface area contributed by atoms with Gasteiger partial charge in [0.25, 0.3) is 5.91 Å². The fourth-order valence-electron chi connectivity index (χ4n) is 3.64. The summed E-state index contributed by atoms with van der Waals surface area (Å²) in [5.41, 5.74) is 1.29. The minimum Gasteiger partial charge on any atom is -0.353 e. The predicted octanol–water partition coefficient (Wildman–Crippen LogP) is 2.94. The quantitative estimate of drug-likeness (QED) is 0.664. The van der Waals surface area contributed by atoms with Gasteiger partial charge in [-0.1, -0.05) is 41.9 Å². The van der Waals surface area contributed by atoms with Crippen molar-refractivity contribution in [2.75, 3.05) is 27.2 Å². The monoisotopic (exact) mass is 477 g/mol. The number of aryl methyl sites for hydroxylation is 1. The Hall–Kier alpha value is -2.42. The minimum absolute atomic E-state index is 0.00303. The SMILES string of the molecule is CN(C)S(=O)(=O)c1ccc(Cl)c(C(=O)N2CCC(NC(=O)CCc3ccccc3)CC2)c1. The third kappa shape index (κ3) is 5.88. The standard InChI is InChI=1S/C23H28ClN3O4S/c1-26(2)32(30,31)19-9-10-21(24)20(16-19)23(29)27-14-12-18(13-15-27)25-22(28)11-8-17-6-4-3-5-7-17/h3-7,9-10,16,18H,8,11-15H2,1-2H3,(H,25,28). The van der Waals surface area contributed by atoms with Crippen LogP contribution in [0.25, 0.3) is 0 Å². The van der Waals surface area contributed by atoms with E-state index in [4.69, 9.17) is 11.6 Å². The van der Waals surface area contributed by atoms with Gasteiger partial charge in [-0.2, -0.15) is 0 Å². The lowest BCUT2D eigenvalue weighted by atomic mass is 10.0. The van der Waals surface area contributed by atoms with E-state index in [2.05, 4.69) is 5.32 Å². The van der Waals surface area contributed by atoms with Gasteiger partial charge >= 0.3 is 0 Å². The van der Waals surface area contributed by atoms with Gasteiger partial charge in [0.2, 0.25) is 15.9 Å². The van der Waals surface area contributed by atoms with E-state index in [1.807, 2.05) is 30.3 Å². The third-order valence-electron chi connectivity index (χ3n) is 5.58. The minimum atomic E-state index is -3.67. The molecule has 3 rings (SSSR count). The van der Waals surface area contributed by atoms with Crippen LogP contribution in [0.5, 0.6) is 0 Å². The van der Waals surface area contributed by atoms with Crippen molar-refractivity contribution in [2.45, 2.75) is 36.6 Å². The van der Waals surface area contributed by atoms with Crippen LogP contribution in [0.4, 0.5) is 0 Å². The molecule has 172 valence electrons. The number of sulfonamides is 1. The van der Waals surface area contributed by atoms with E-state index in [0.29, 0.717) is 38.8 Å². The Morgan fingerprint density at radius 3 is 2.38 bits per heavy atom. The molecule has 0 bridgehead atoms. The molecule has 2 aromatic carbocycles. The van der Waals surface area contributed by atoms with Crippen LogP contribution in [0.3, 0.4) is 0 Å². The molecule has 9 heteroatoms. The van der Waals surface area contributed by atoms with Gasteiger partial charge in [0.1, 0.15) is 0 Å². The highest BCUT2D eigenvalue weighted by Gasteiger charge is 2.27. The summed E-state index contributed by atoms with van der Waals surface area (Å²) in [7, 11) is -0.802. The van der Waals surface area contributed by atoms with Gasteiger partial charge in [-0.05, 0) is 43.0 Å². The van der Waals surface area contributed by atoms with Crippen LogP contribution in [-0.4, -0.2) is 62.7 Å². The Kier molecular flexibility index (Phi) is 7.92. The number of amides is 2. The summed E-state index contributed by atoms with van der Waals surface area (Å²) < 4.78 is 25.9. The number of benzene rings is 2. The molecule has 1 saturated heterocycles. The van der Waals surface area contributed by atoms with E-state index in [1.165, 1.54) is 32.3 Å². The largest absolute Gasteiger partial charge is 0.353 e. The zero-order chi connectivity index (χ0) is 23.3. The van der Waals surface area contributed by atoms with Crippen molar-refractivity contribution in [1.29, 1.82) is 0 Å². The summed E-state index contributed by atoms with van der Waals surface area (Å²) in [6, 6.07) is 14.0. The molecule has 0 radical (unpaired) electrons. The fourth-order valence-corrected chi connectivity index (χ4v) is 4.77. The van der Waals surface area contributed by atoms with Crippen LogP contribution in [0.1, 0.15) is 35.2 Å². The Bertz CT molecular complexity index is 1070. The molecule has 7 nitrogen and oxygen atoms in total. The topological polar surface area (TPSA) is 86.8 Å². The number of hydrogen-bond acceptors (Lipinski definition) is 4. The van der Waals surface area contributed by atoms with Gasteiger partial charge in [-0.15, -0.1) is 0 Å². The Morgan fingerprint density at radius 1 is 1.09 bits per heavy atom. The first-order valence-electron chi connectivity index (χ1n) is 10.5. The van der Waals surface area contributed by atoms with Gasteiger partial charge in [0.15, 0.2) is 0 Å². The molecule has 0 atom stereocenters. The molecule has 32 heavy (non-hydrogen) atoms. The molecule has 1 fully saturated rings. The van der Waals surface area contributed by atoms with Crippen molar-refractivity contribution in [3.05, 3.63) is 64.7 Å².